The predicted octanol–water partition coefficient (Wildman–Crippen LogP) is 4.01. The molecular weight excluding hydrogens is 418 g/mol. The summed E-state index contributed by atoms with van der Waals surface area (Å²) in [5.41, 5.74) is 5.37. The van der Waals surface area contributed by atoms with Crippen LogP contribution in [-0.2, 0) is 27.7 Å². The first-order valence-corrected chi connectivity index (χ1v) is 12.4. The van der Waals surface area contributed by atoms with Gasteiger partial charge in [-0.25, -0.2) is 13.4 Å². The first kappa shape index (κ1) is 20.6. The summed E-state index contributed by atoms with van der Waals surface area (Å²) in [7, 11) is -3.30. The molecule has 0 bridgehead atoms. The summed E-state index contributed by atoms with van der Waals surface area (Å²) in [6.45, 7) is 3.91. The van der Waals surface area contributed by atoms with Crippen molar-refractivity contribution in [3.63, 3.8) is 0 Å². The van der Waals surface area contributed by atoms with Crippen LogP contribution in [0, 0.1) is 6.92 Å². The van der Waals surface area contributed by atoms with Gasteiger partial charge in [-0.05, 0) is 50.1 Å². The van der Waals surface area contributed by atoms with Gasteiger partial charge in [-0.2, -0.15) is 0 Å². The zero-order valence-corrected chi connectivity index (χ0v) is 18.7. The largest absolute Gasteiger partial charge is 0.326 e. The molecule has 0 saturated heterocycles. The number of thiazole rings is 1. The monoisotopic (exact) mass is 441 g/mol. The molecule has 2 heterocycles. The van der Waals surface area contributed by atoms with Crippen molar-refractivity contribution in [2.24, 2.45) is 0 Å². The first-order valence-electron chi connectivity index (χ1n) is 9.64. The number of benzene rings is 2. The number of anilines is 2. The number of hydrogen-bond acceptors (Lipinski definition) is 5. The lowest BCUT2D eigenvalue weighted by Gasteiger charge is -2.21. The van der Waals surface area contributed by atoms with Crippen molar-refractivity contribution in [3.8, 4) is 11.3 Å². The van der Waals surface area contributed by atoms with Crippen LogP contribution in [0.3, 0.4) is 0 Å². The van der Waals surface area contributed by atoms with Crippen LogP contribution in [0.15, 0.2) is 47.8 Å². The highest BCUT2D eigenvalue weighted by Gasteiger charge is 2.32. The summed E-state index contributed by atoms with van der Waals surface area (Å²) in [6, 6.07) is 13.3. The van der Waals surface area contributed by atoms with Crippen LogP contribution >= 0.6 is 11.3 Å². The molecule has 0 aliphatic carbocycles. The van der Waals surface area contributed by atoms with E-state index in [1.165, 1.54) is 21.9 Å². The maximum Gasteiger partial charge on any atom is 0.232 e. The Labute approximate surface area is 180 Å². The van der Waals surface area contributed by atoms with Crippen molar-refractivity contribution in [1.29, 1.82) is 0 Å². The third kappa shape index (κ3) is 4.24. The second-order valence-electron chi connectivity index (χ2n) is 7.67. The van der Waals surface area contributed by atoms with Crippen LogP contribution in [0.4, 0.5) is 11.4 Å². The normalized spacial score (nSPS) is 15.8. The Morgan fingerprint density at radius 2 is 1.97 bits per heavy atom. The van der Waals surface area contributed by atoms with E-state index in [1.54, 1.807) is 0 Å². The van der Waals surface area contributed by atoms with E-state index in [2.05, 4.69) is 10.3 Å². The predicted molar refractivity (Wildman–Crippen MR) is 122 cm³/mol. The molecule has 0 spiro atoms. The van der Waals surface area contributed by atoms with Crippen molar-refractivity contribution in [3.05, 3.63) is 64.0 Å². The fraction of sp³-hybridized carbons (Fsp3) is 0.273. The van der Waals surface area contributed by atoms with Gasteiger partial charge in [0.15, 0.2) is 0 Å². The number of rotatable bonds is 5. The van der Waals surface area contributed by atoms with Crippen LogP contribution < -0.4 is 9.62 Å². The van der Waals surface area contributed by atoms with Crippen molar-refractivity contribution < 1.29 is 13.2 Å². The average molecular weight is 442 g/mol. The van der Waals surface area contributed by atoms with Gasteiger partial charge in [0.1, 0.15) is 5.01 Å². The number of amides is 1. The lowest BCUT2D eigenvalue weighted by Crippen LogP contribution is -2.34. The SMILES string of the molecule is Cc1ccc(NC(=O)Cc2nc(-c3ccc4c(c3)C[C@@H](C)N4S(C)(=O)=O)cs2)cc1. The smallest absolute Gasteiger partial charge is 0.232 e. The topological polar surface area (TPSA) is 79.4 Å². The highest BCUT2D eigenvalue weighted by Crippen LogP contribution is 2.37. The minimum atomic E-state index is -3.30. The molecule has 1 atom stereocenters. The second-order valence-corrected chi connectivity index (χ2v) is 10.5. The van der Waals surface area contributed by atoms with E-state index in [-0.39, 0.29) is 18.4 Å². The van der Waals surface area contributed by atoms with E-state index in [0.717, 1.165) is 38.8 Å². The van der Waals surface area contributed by atoms with Gasteiger partial charge in [-0.3, -0.25) is 9.10 Å². The van der Waals surface area contributed by atoms with Gasteiger partial charge in [0.05, 0.1) is 24.1 Å². The van der Waals surface area contributed by atoms with Crippen LogP contribution in [0.2, 0.25) is 0 Å². The summed E-state index contributed by atoms with van der Waals surface area (Å²) >= 11 is 1.45. The molecule has 1 aliphatic rings. The quantitative estimate of drug-likeness (QED) is 0.649. The first-order chi connectivity index (χ1) is 14.2. The minimum absolute atomic E-state index is 0.0956. The maximum atomic E-state index is 12.3. The molecule has 4 rings (SSSR count). The number of aromatic nitrogens is 1. The number of nitrogens with one attached hydrogen (secondary N) is 1. The Hall–Kier alpha value is -2.71. The van der Waals surface area contributed by atoms with Crippen molar-refractivity contribution in [1.82, 2.24) is 4.98 Å². The third-order valence-corrected chi connectivity index (χ3v) is 7.20. The molecular formula is C22H23N3O3S2. The molecule has 0 fully saturated rings. The number of nitrogens with zero attached hydrogens (tertiary/aromatic N) is 2. The van der Waals surface area contributed by atoms with Crippen molar-refractivity contribution in [2.45, 2.75) is 32.7 Å². The number of fused-ring (bicyclic) bond motifs is 1. The molecule has 8 heteroatoms. The highest BCUT2D eigenvalue weighted by atomic mass is 32.2. The highest BCUT2D eigenvalue weighted by molar-refractivity contribution is 7.92. The zero-order valence-electron chi connectivity index (χ0n) is 17.0. The number of hydrogen-bond donors (Lipinski definition) is 1. The molecule has 3 aromatic rings. The van der Waals surface area contributed by atoms with Crippen LogP contribution in [0.5, 0.6) is 0 Å². The molecule has 156 valence electrons. The summed E-state index contributed by atoms with van der Waals surface area (Å²) in [4.78, 5) is 16.9. The standard InChI is InChI=1S/C22H23N3O3S2/c1-14-4-7-18(8-5-14)23-21(26)12-22-24-19(13-29-22)16-6-9-20-17(11-16)10-15(2)25(20)30(3,27)28/h4-9,11,13,15H,10,12H2,1-3H3,(H,23,26)/t15-/m1/s1. The average Bonchev–Trinajstić information content (AvgIpc) is 3.25. The molecule has 6 nitrogen and oxygen atoms in total. The lowest BCUT2D eigenvalue weighted by molar-refractivity contribution is -0.115. The third-order valence-electron chi connectivity index (χ3n) is 5.08. The number of aryl methyl sites for hydroxylation is 1. The van der Waals surface area contributed by atoms with Gasteiger partial charge in [0.2, 0.25) is 15.9 Å². The van der Waals surface area contributed by atoms with E-state index < -0.39 is 10.0 Å². The molecule has 1 amide bonds. The fourth-order valence-corrected chi connectivity index (χ4v) is 5.84. The maximum absolute atomic E-state index is 12.3. The Balaban J connectivity index is 1.49. The van der Waals surface area contributed by atoms with Crippen molar-refractivity contribution >= 4 is 38.6 Å². The Bertz CT molecular complexity index is 1200. The molecule has 0 unspecified atom stereocenters. The Morgan fingerprint density at radius 3 is 2.67 bits per heavy atom. The van der Waals surface area contributed by atoms with E-state index in [0.29, 0.717) is 6.42 Å². The zero-order chi connectivity index (χ0) is 21.5. The minimum Gasteiger partial charge on any atom is -0.326 e. The van der Waals surface area contributed by atoms with E-state index in [4.69, 9.17) is 0 Å². The van der Waals surface area contributed by atoms with Crippen molar-refractivity contribution in [2.75, 3.05) is 15.9 Å². The molecule has 0 saturated carbocycles. The molecule has 0 radical (unpaired) electrons. The molecule has 1 N–H and O–H groups in total. The number of carbonyl (C=O) groups excluding carboxylic acids is 1. The van der Waals surface area contributed by atoms with Gasteiger partial charge in [-0.1, -0.05) is 23.8 Å². The molecule has 2 aromatic carbocycles. The van der Waals surface area contributed by atoms with Gasteiger partial charge in [-0.15, -0.1) is 11.3 Å². The second kappa shape index (κ2) is 7.85. The Morgan fingerprint density at radius 1 is 1.23 bits per heavy atom. The lowest BCUT2D eigenvalue weighted by atomic mass is 10.1. The van der Waals surface area contributed by atoms with E-state index in [9.17, 15) is 13.2 Å². The van der Waals surface area contributed by atoms with Gasteiger partial charge in [0, 0.05) is 22.7 Å². The van der Waals surface area contributed by atoms with Gasteiger partial charge < -0.3 is 5.32 Å². The van der Waals surface area contributed by atoms with Gasteiger partial charge in [0.25, 0.3) is 0 Å². The fourth-order valence-electron chi connectivity index (χ4n) is 3.77. The number of carbonyl (C=O) groups is 1. The van der Waals surface area contributed by atoms with E-state index >= 15 is 0 Å². The van der Waals surface area contributed by atoms with Crippen LogP contribution in [0.25, 0.3) is 11.3 Å². The molecule has 1 aromatic heterocycles. The summed E-state index contributed by atoms with van der Waals surface area (Å²) < 4.78 is 25.7. The van der Waals surface area contributed by atoms with Crippen LogP contribution in [-0.4, -0.2) is 31.6 Å². The molecule has 30 heavy (non-hydrogen) atoms. The van der Waals surface area contributed by atoms with Crippen LogP contribution in [0.1, 0.15) is 23.1 Å². The number of sulfonamides is 1. The summed E-state index contributed by atoms with van der Waals surface area (Å²) in [5.74, 6) is -0.105. The molecule has 1 aliphatic heterocycles. The van der Waals surface area contributed by atoms with Gasteiger partial charge >= 0.3 is 0 Å². The van der Waals surface area contributed by atoms with E-state index in [1.807, 2.05) is 61.7 Å². The summed E-state index contributed by atoms with van der Waals surface area (Å²) in [6.07, 6.45) is 2.12. The Kier molecular flexibility index (Phi) is 5.38. The summed E-state index contributed by atoms with van der Waals surface area (Å²) in [5, 5.41) is 5.56.